The van der Waals surface area contributed by atoms with Gasteiger partial charge in [-0.15, -0.1) is 11.3 Å². The van der Waals surface area contributed by atoms with Crippen molar-refractivity contribution < 1.29 is 4.74 Å². The fraction of sp³-hybridized carbons (Fsp3) is 0.647. The molecule has 0 unspecified atom stereocenters. The molecule has 2 aromatic rings. The van der Waals surface area contributed by atoms with Crippen molar-refractivity contribution in [2.45, 2.75) is 32.7 Å². The van der Waals surface area contributed by atoms with Gasteiger partial charge in [-0.05, 0) is 43.0 Å². The molecule has 0 aromatic carbocycles. The standard InChI is InChI=1S/C17H23N3O2S2/c1-11-2-3-12-13(10-11)24-15-14(12)16(21)20(17(23)18-15)5-4-19-6-8-22-9-7-19/h11H,2-10H2,1H3,(H,18,23)/t11-/m0/s1. The SMILES string of the molecule is C[C@H]1CCc2c(sc3[nH]c(=S)n(CCN4CCOCC4)c(=O)c23)C1. The van der Waals surface area contributed by atoms with Crippen LogP contribution in [0.2, 0.25) is 0 Å². The predicted molar refractivity (Wildman–Crippen MR) is 99.7 cm³/mol. The van der Waals surface area contributed by atoms with Crippen molar-refractivity contribution in [2.24, 2.45) is 5.92 Å². The molecule has 0 radical (unpaired) electrons. The van der Waals surface area contributed by atoms with Gasteiger partial charge in [-0.1, -0.05) is 6.92 Å². The van der Waals surface area contributed by atoms with Crippen LogP contribution < -0.4 is 5.56 Å². The Bertz CT molecular complexity index is 861. The number of hydrogen-bond donors (Lipinski definition) is 1. The second-order valence-electron chi connectivity index (χ2n) is 6.90. The lowest BCUT2D eigenvalue weighted by atomic mass is 9.89. The van der Waals surface area contributed by atoms with Gasteiger partial charge >= 0.3 is 0 Å². The van der Waals surface area contributed by atoms with E-state index in [-0.39, 0.29) is 5.56 Å². The van der Waals surface area contributed by atoms with E-state index in [2.05, 4.69) is 16.8 Å². The highest BCUT2D eigenvalue weighted by Gasteiger charge is 2.23. The maximum Gasteiger partial charge on any atom is 0.263 e. The number of morpholine rings is 1. The molecule has 0 spiro atoms. The van der Waals surface area contributed by atoms with Crippen molar-refractivity contribution in [1.29, 1.82) is 0 Å². The average Bonchev–Trinajstić information content (AvgIpc) is 2.92. The second kappa shape index (κ2) is 6.71. The number of nitrogens with zero attached hydrogens (tertiary/aromatic N) is 2. The summed E-state index contributed by atoms with van der Waals surface area (Å²) in [7, 11) is 0. The van der Waals surface area contributed by atoms with Crippen molar-refractivity contribution in [3.8, 4) is 0 Å². The molecule has 1 aliphatic carbocycles. The molecule has 1 saturated heterocycles. The van der Waals surface area contributed by atoms with Gasteiger partial charge < -0.3 is 9.72 Å². The topological polar surface area (TPSA) is 50.3 Å². The number of aromatic amines is 1. The normalized spacial score (nSPS) is 22.0. The Balaban J connectivity index is 1.68. The van der Waals surface area contributed by atoms with Gasteiger partial charge in [0.15, 0.2) is 4.77 Å². The number of ether oxygens (including phenoxy) is 1. The fourth-order valence-electron chi connectivity index (χ4n) is 3.73. The maximum atomic E-state index is 13.1. The van der Waals surface area contributed by atoms with Crippen LogP contribution in [-0.2, 0) is 24.1 Å². The van der Waals surface area contributed by atoms with E-state index in [0.717, 1.165) is 55.9 Å². The molecule has 4 rings (SSSR count). The Kier molecular flexibility index (Phi) is 4.60. The van der Waals surface area contributed by atoms with Crippen molar-refractivity contribution in [3.05, 3.63) is 25.6 Å². The Hall–Kier alpha value is -1.02. The van der Waals surface area contributed by atoms with Gasteiger partial charge in [0.25, 0.3) is 5.56 Å². The summed E-state index contributed by atoms with van der Waals surface area (Å²) in [6.07, 6.45) is 3.27. The molecular formula is C17H23N3O2S2. The smallest absolute Gasteiger partial charge is 0.263 e. The van der Waals surface area contributed by atoms with Crippen LogP contribution in [-0.4, -0.2) is 47.3 Å². The van der Waals surface area contributed by atoms with Crippen molar-refractivity contribution in [2.75, 3.05) is 32.8 Å². The number of aryl methyl sites for hydroxylation is 1. The molecule has 2 aliphatic rings. The van der Waals surface area contributed by atoms with E-state index in [4.69, 9.17) is 17.0 Å². The van der Waals surface area contributed by atoms with Gasteiger partial charge in [0.1, 0.15) is 4.83 Å². The van der Waals surface area contributed by atoms with Crippen LogP contribution >= 0.6 is 23.6 Å². The molecule has 3 heterocycles. The summed E-state index contributed by atoms with van der Waals surface area (Å²) >= 11 is 7.19. The molecule has 7 heteroatoms. The van der Waals surface area contributed by atoms with Crippen molar-refractivity contribution in [3.63, 3.8) is 0 Å². The summed E-state index contributed by atoms with van der Waals surface area (Å²) in [6.45, 7) is 7.18. The van der Waals surface area contributed by atoms with Gasteiger partial charge in [-0.3, -0.25) is 14.3 Å². The lowest BCUT2D eigenvalue weighted by Crippen LogP contribution is -2.39. The Morgan fingerprint density at radius 3 is 2.92 bits per heavy atom. The maximum absolute atomic E-state index is 13.1. The minimum absolute atomic E-state index is 0.0917. The molecule has 0 saturated carbocycles. The zero-order valence-corrected chi connectivity index (χ0v) is 15.6. The summed E-state index contributed by atoms with van der Waals surface area (Å²) < 4.78 is 7.68. The first kappa shape index (κ1) is 16.4. The molecular weight excluding hydrogens is 342 g/mol. The van der Waals surface area contributed by atoms with Gasteiger partial charge in [0.05, 0.1) is 18.6 Å². The van der Waals surface area contributed by atoms with Crippen LogP contribution in [0.4, 0.5) is 0 Å². The van der Waals surface area contributed by atoms with E-state index in [0.29, 0.717) is 17.2 Å². The fourth-order valence-corrected chi connectivity index (χ4v) is 5.47. The average molecular weight is 366 g/mol. The first-order valence-electron chi connectivity index (χ1n) is 8.71. The number of aromatic nitrogens is 2. The molecule has 5 nitrogen and oxygen atoms in total. The quantitative estimate of drug-likeness (QED) is 0.850. The summed E-state index contributed by atoms with van der Waals surface area (Å²) in [6, 6.07) is 0. The predicted octanol–water partition coefficient (Wildman–Crippen LogP) is 2.58. The van der Waals surface area contributed by atoms with Gasteiger partial charge in [-0.2, -0.15) is 0 Å². The zero-order valence-electron chi connectivity index (χ0n) is 14.0. The molecule has 2 aromatic heterocycles. The summed E-state index contributed by atoms with van der Waals surface area (Å²) in [5.41, 5.74) is 1.36. The molecule has 1 N–H and O–H groups in total. The van der Waals surface area contributed by atoms with E-state index in [1.165, 1.54) is 16.9 Å². The van der Waals surface area contributed by atoms with Crippen LogP contribution in [0.25, 0.3) is 10.2 Å². The van der Waals surface area contributed by atoms with Crippen LogP contribution in [0.15, 0.2) is 4.79 Å². The third-order valence-electron chi connectivity index (χ3n) is 5.18. The lowest BCUT2D eigenvalue weighted by Gasteiger charge is -2.26. The van der Waals surface area contributed by atoms with Crippen molar-refractivity contribution >= 4 is 33.8 Å². The molecule has 1 aliphatic heterocycles. The molecule has 0 amide bonds. The lowest BCUT2D eigenvalue weighted by molar-refractivity contribution is 0.0362. The highest BCUT2D eigenvalue weighted by molar-refractivity contribution is 7.71. The van der Waals surface area contributed by atoms with E-state index in [1.54, 1.807) is 15.9 Å². The molecule has 0 bridgehead atoms. The monoisotopic (exact) mass is 365 g/mol. The zero-order chi connectivity index (χ0) is 16.7. The molecule has 130 valence electrons. The molecule has 24 heavy (non-hydrogen) atoms. The first-order valence-corrected chi connectivity index (χ1v) is 9.93. The minimum Gasteiger partial charge on any atom is -0.379 e. The Morgan fingerprint density at radius 2 is 2.12 bits per heavy atom. The number of nitrogens with one attached hydrogen (secondary N) is 1. The first-order chi connectivity index (χ1) is 11.6. The van der Waals surface area contributed by atoms with Crippen LogP contribution in [0.1, 0.15) is 23.8 Å². The number of H-pyrrole nitrogens is 1. The van der Waals surface area contributed by atoms with Crippen molar-refractivity contribution in [1.82, 2.24) is 14.5 Å². The summed E-state index contributed by atoms with van der Waals surface area (Å²) in [4.78, 5) is 21.1. The Labute approximate surface area is 150 Å². The Morgan fingerprint density at radius 1 is 1.33 bits per heavy atom. The second-order valence-corrected chi connectivity index (χ2v) is 8.39. The summed E-state index contributed by atoms with van der Waals surface area (Å²) in [5.74, 6) is 0.706. The van der Waals surface area contributed by atoms with Crippen LogP contribution in [0, 0.1) is 10.7 Å². The molecule has 1 atom stereocenters. The number of fused-ring (bicyclic) bond motifs is 3. The van der Waals surface area contributed by atoms with Gasteiger partial charge in [0, 0.05) is 31.1 Å². The van der Waals surface area contributed by atoms with Crippen LogP contribution in [0.3, 0.4) is 0 Å². The van der Waals surface area contributed by atoms with E-state index < -0.39 is 0 Å². The van der Waals surface area contributed by atoms with Gasteiger partial charge in [0.2, 0.25) is 0 Å². The highest BCUT2D eigenvalue weighted by atomic mass is 32.1. The minimum atomic E-state index is 0.0917. The third kappa shape index (κ3) is 2.98. The van der Waals surface area contributed by atoms with Crippen LogP contribution in [0.5, 0.6) is 0 Å². The highest BCUT2D eigenvalue weighted by Crippen LogP contribution is 2.35. The summed E-state index contributed by atoms with van der Waals surface area (Å²) in [5, 5.41) is 0.887. The van der Waals surface area contributed by atoms with E-state index in [9.17, 15) is 4.79 Å². The number of rotatable bonds is 3. The van der Waals surface area contributed by atoms with E-state index >= 15 is 0 Å². The number of hydrogen-bond acceptors (Lipinski definition) is 5. The third-order valence-corrected chi connectivity index (χ3v) is 6.67. The largest absolute Gasteiger partial charge is 0.379 e. The number of thiophene rings is 1. The van der Waals surface area contributed by atoms with Gasteiger partial charge in [-0.25, -0.2) is 0 Å². The van der Waals surface area contributed by atoms with E-state index in [1.807, 2.05) is 0 Å². The molecule has 1 fully saturated rings.